The highest BCUT2D eigenvalue weighted by Crippen LogP contribution is 2.38. The van der Waals surface area contributed by atoms with Gasteiger partial charge >= 0.3 is 0 Å². The lowest BCUT2D eigenvalue weighted by atomic mass is 9.71. The summed E-state index contributed by atoms with van der Waals surface area (Å²) < 4.78 is 0. The SMILES string of the molecule is CCN(CCC#N)C(=O)CC1(CN)CCCCC1. The van der Waals surface area contributed by atoms with Crippen LogP contribution in [0.4, 0.5) is 0 Å². The van der Waals surface area contributed by atoms with Gasteiger partial charge in [-0.15, -0.1) is 0 Å². The third-order valence-corrected chi connectivity index (χ3v) is 4.10. The second-order valence-corrected chi connectivity index (χ2v) is 5.32. The molecule has 0 bridgehead atoms. The second kappa shape index (κ2) is 7.38. The molecule has 0 aromatic rings. The van der Waals surface area contributed by atoms with Gasteiger partial charge in [-0.1, -0.05) is 19.3 Å². The zero-order chi connectivity index (χ0) is 13.4. The van der Waals surface area contributed by atoms with Crippen LogP contribution in [0.5, 0.6) is 0 Å². The fourth-order valence-corrected chi connectivity index (χ4v) is 2.83. The predicted molar refractivity (Wildman–Crippen MR) is 71.7 cm³/mol. The number of hydrogen-bond acceptors (Lipinski definition) is 3. The van der Waals surface area contributed by atoms with Crippen molar-refractivity contribution in [3.8, 4) is 6.07 Å². The Bertz CT molecular complexity index is 303. The molecule has 0 atom stereocenters. The third kappa shape index (κ3) is 3.99. The number of rotatable bonds is 6. The van der Waals surface area contributed by atoms with E-state index in [0.29, 0.717) is 32.5 Å². The molecule has 0 aromatic heterocycles. The molecule has 1 rings (SSSR count). The zero-order valence-corrected chi connectivity index (χ0v) is 11.5. The van der Waals surface area contributed by atoms with E-state index in [0.717, 1.165) is 12.8 Å². The molecular formula is C14H25N3O. The quantitative estimate of drug-likeness (QED) is 0.785. The molecule has 1 fully saturated rings. The van der Waals surface area contributed by atoms with Crippen LogP contribution in [-0.4, -0.2) is 30.4 Å². The van der Waals surface area contributed by atoms with E-state index in [9.17, 15) is 4.79 Å². The number of hydrogen-bond donors (Lipinski definition) is 1. The third-order valence-electron chi connectivity index (χ3n) is 4.10. The molecule has 0 aliphatic heterocycles. The van der Waals surface area contributed by atoms with Gasteiger partial charge in [0.05, 0.1) is 12.5 Å². The Labute approximate surface area is 110 Å². The van der Waals surface area contributed by atoms with Gasteiger partial charge in [0.2, 0.25) is 5.91 Å². The van der Waals surface area contributed by atoms with Crippen LogP contribution >= 0.6 is 0 Å². The molecule has 18 heavy (non-hydrogen) atoms. The van der Waals surface area contributed by atoms with Crippen LogP contribution in [0.2, 0.25) is 0 Å². The fourth-order valence-electron chi connectivity index (χ4n) is 2.83. The number of amides is 1. The fraction of sp³-hybridized carbons (Fsp3) is 0.857. The summed E-state index contributed by atoms with van der Waals surface area (Å²) in [5, 5.41) is 8.60. The van der Waals surface area contributed by atoms with Gasteiger partial charge < -0.3 is 10.6 Å². The van der Waals surface area contributed by atoms with Crippen LogP contribution < -0.4 is 5.73 Å². The molecule has 102 valence electrons. The van der Waals surface area contributed by atoms with Crippen molar-refractivity contribution in [2.24, 2.45) is 11.1 Å². The highest BCUT2D eigenvalue weighted by Gasteiger charge is 2.34. The summed E-state index contributed by atoms with van der Waals surface area (Å²) in [6.07, 6.45) is 6.76. The lowest BCUT2D eigenvalue weighted by Gasteiger charge is -2.37. The molecule has 1 saturated carbocycles. The Hall–Kier alpha value is -1.08. The Morgan fingerprint density at radius 3 is 2.56 bits per heavy atom. The minimum absolute atomic E-state index is 0.0232. The standard InChI is InChI=1S/C14H25N3O/c1-2-17(10-6-9-15)13(18)11-14(12-16)7-4-3-5-8-14/h2-8,10-12,16H2,1H3. The number of carbonyl (C=O) groups is 1. The van der Waals surface area contributed by atoms with Crippen LogP contribution in [-0.2, 0) is 4.79 Å². The Morgan fingerprint density at radius 2 is 2.06 bits per heavy atom. The topological polar surface area (TPSA) is 70.1 Å². The largest absolute Gasteiger partial charge is 0.342 e. The number of carbonyl (C=O) groups excluding carboxylic acids is 1. The van der Waals surface area contributed by atoms with Crippen LogP contribution in [0.1, 0.15) is 51.9 Å². The first-order chi connectivity index (χ1) is 8.67. The zero-order valence-electron chi connectivity index (χ0n) is 11.5. The summed E-state index contributed by atoms with van der Waals surface area (Å²) in [6.45, 7) is 3.80. The maximum absolute atomic E-state index is 12.3. The molecule has 4 heteroatoms. The highest BCUT2D eigenvalue weighted by atomic mass is 16.2. The minimum atomic E-state index is 0.0232. The molecule has 1 aliphatic rings. The van der Waals surface area contributed by atoms with E-state index in [1.54, 1.807) is 4.90 Å². The first kappa shape index (κ1) is 15.0. The molecule has 0 heterocycles. The van der Waals surface area contributed by atoms with Crippen LogP contribution in [0, 0.1) is 16.7 Å². The van der Waals surface area contributed by atoms with Crippen molar-refractivity contribution in [3.63, 3.8) is 0 Å². The average Bonchev–Trinajstić information content (AvgIpc) is 2.40. The maximum Gasteiger partial charge on any atom is 0.223 e. The molecule has 0 aromatic carbocycles. The van der Waals surface area contributed by atoms with Crippen molar-refractivity contribution < 1.29 is 4.79 Å². The van der Waals surface area contributed by atoms with Crippen molar-refractivity contribution in [2.75, 3.05) is 19.6 Å². The van der Waals surface area contributed by atoms with Gasteiger partial charge in [-0.25, -0.2) is 0 Å². The molecule has 0 spiro atoms. The summed E-state index contributed by atoms with van der Waals surface area (Å²) in [5.74, 6) is 0.167. The molecule has 4 nitrogen and oxygen atoms in total. The van der Waals surface area contributed by atoms with E-state index in [-0.39, 0.29) is 11.3 Å². The van der Waals surface area contributed by atoms with Crippen molar-refractivity contribution in [3.05, 3.63) is 0 Å². The Balaban J connectivity index is 2.57. The van der Waals surface area contributed by atoms with Crippen LogP contribution in [0.25, 0.3) is 0 Å². The summed E-state index contributed by atoms with van der Waals surface area (Å²) in [7, 11) is 0. The van der Waals surface area contributed by atoms with Gasteiger partial charge in [-0.05, 0) is 31.7 Å². The molecule has 1 aliphatic carbocycles. The Morgan fingerprint density at radius 1 is 1.39 bits per heavy atom. The van der Waals surface area contributed by atoms with Crippen molar-refractivity contribution in [1.82, 2.24) is 4.90 Å². The highest BCUT2D eigenvalue weighted by molar-refractivity contribution is 5.77. The second-order valence-electron chi connectivity index (χ2n) is 5.32. The predicted octanol–water partition coefficient (Wildman–Crippen LogP) is 2.05. The van der Waals surface area contributed by atoms with E-state index in [4.69, 9.17) is 11.0 Å². The molecule has 0 unspecified atom stereocenters. The maximum atomic E-state index is 12.3. The Kier molecular flexibility index (Phi) is 6.14. The minimum Gasteiger partial charge on any atom is -0.342 e. The summed E-state index contributed by atoms with van der Waals surface area (Å²) in [5.41, 5.74) is 5.93. The lowest BCUT2D eigenvalue weighted by molar-refractivity contribution is -0.134. The van der Waals surface area contributed by atoms with E-state index in [1.807, 2.05) is 6.92 Å². The van der Waals surface area contributed by atoms with Gasteiger partial charge in [-0.2, -0.15) is 5.26 Å². The average molecular weight is 251 g/mol. The van der Waals surface area contributed by atoms with Crippen LogP contribution in [0.3, 0.4) is 0 Å². The normalized spacial score (nSPS) is 18.1. The number of nitrogens with two attached hydrogens (primary N) is 1. The summed E-state index contributed by atoms with van der Waals surface area (Å²) in [4.78, 5) is 14.1. The van der Waals surface area contributed by atoms with Gasteiger partial charge in [0.25, 0.3) is 0 Å². The van der Waals surface area contributed by atoms with Crippen molar-refractivity contribution >= 4 is 5.91 Å². The summed E-state index contributed by atoms with van der Waals surface area (Å²) in [6, 6.07) is 2.10. The van der Waals surface area contributed by atoms with Gasteiger partial charge in [0.1, 0.15) is 0 Å². The number of nitriles is 1. The van der Waals surface area contributed by atoms with E-state index in [2.05, 4.69) is 6.07 Å². The van der Waals surface area contributed by atoms with Crippen LogP contribution in [0.15, 0.2) is 0 Å². The first-order valence-corrected chi connectivity index (χ1v) is 7.02. The molecular weight excluding hydrogens is 226 g/mol. The van der Waals surface area contributed by atoms with Gasteiger partial charge in [0, 0.05) is 19.5 Å². The monoisotopic (exact) mass is 251 g/mol. The smallest absolute Gasteiger partial charge is 0.223 e. The molecule has 0 radical (unpaired) electrons. The van der Waals surface area contributed by atoms with Crippen molar-refractivity contribution in [1.29, 1.82) is 5.26 Å². The number of nitrogens with zero attached hydrogens (tertiary/aromatic N) is 2. The molecule has 1 amide bonds. The van der Waals surface area contributed by atoms with Crippen molar-refractivity contribution in [2.45, 2.75) is 51.9 Å². The van der Waals surface area contributed by atoms with E-state index >= 15 is 0 Å². The lowest BCUT2D eigenvalue weighted by Crippen LogP contribution is -2.40. The van der Waals surface area contributed by atoms with Gasteiger partial charge in [0.15, 0.2) is 0 Å². The first-order valence-electron chi connectivity index (χ1n) is 7.02. The molecule has 0 saturated heterocycles. The van der Waals surface area contributed by atoms with Gasteiger partial charge in [-0.3, -0.25) is 4.79 Å². The summed E-state index contributed by atoms with van der Waals surface area (Å²) >= 11 is 0. The molecule has 2 N–H and O–H groups in total. The van der Waals surface area contributed by atoms with E-state index in [1.165, 1.54) is 19.3 Å². The van der Waals surface area contributed by atoms with E-state index < -0.39 is 0 Å².